The number of aliphatic hydroxyl groups is 1. The Balaban J connectivity index is 1.63. The summed E-state index contributed by atoms with van der Waals surface area (Å²) in [5.74, 6) is -0.317. The molecule has 0 bridgehead atoms. The van der Waals surface area contributed by atoms with E-state index < -0.39 is 35.7 Å². The number of hydrogen-bond donors (Lipinski definition) is 1. The summed E-state index contributed by atoms with van der Waals surface area (Å²) in [5.41, 5.74) is 0.105. The third kappa shape index (κ3) is 9.37. The summed E-state index contributed by atoms with van der Waals surface area (Å²) in [6.07, 6.45) is 5.19. The van der Waals surface area contributed by atoms with Crippen LogP contribution in [0.3, 0.4) is 0 Å². The van der Waals surface area contributed by atoms with Gasteiger partial charge < -0.3 is 38.4 Å². The van der Waals surface area contributed by atoms with E-state index in [2.05, 4.69) is 11.8 Å². The van der Waals surface area contributed by atoms with Gasteiger partial charge in [0.2, 0.25) is 6.79 Å². The van der Waals surface area contributed by atoms with E-state index in [9.17, 15) is 14.7 Å². The molecule has 0 radical (unpaired) electrons. The monoisotopic (exact) mass is 651 g/mol. The highest BCUT2D eigenvalue weighted by molar-refractivity contribution is 5.86. The van der Waals surface area contributed by atoms with Gasteiger partial charge in [0.05, 0.1) is 32.8 Å². The summed E-state index contributed by atoms with van der Waals surface area (Å²) in [5, 5.41) is 11.8. The standard InChI is InChI=1S/C37H49NO9/c1-7-18-38-19-15-27-20-31-32(45-25-44-31)21-28(27)29(23-38)34(30(8-2)42-5)47-35(40)37(41,22-33(39)43-6)17-12-16-36(3,4)46-24-26-13-10-9-11-14-26/h8-14,16,20-21,29,34,41H,7,15,17-19,22-25H2,1-6H3/b16-12+,30-8+/t29-,34+,37-/m1/s1. The van der Waals surface area contributed by atoms with Crippen LogP contribution in [0.25, 0.3) is 0 Å². The van der Waals surface area contributed by atoms with Gasteiger partial charge in [-0.3, -0.25) is 4.79 Å². The van der Waals surface area contributed by atoms with Gasteiger partial charge in [-0.2, -0.15) is 0 Å². The Morgan fingerprint density at radius 3 is 2.49 bits per heavy atom. The lowest BCUT2D eigenvalue weighted by Crippen LogP contribution is -2.46. The molecule has 2 heterocycles. The maximum atomic E-state index is 14.1. The van der Waals surface area contributed by atoms with Crippen LogP contribution in [0, 0.1) is 0 Å². The fourth-order valence-corrected chi connectivity index (χ4v) is 6.02. The minimum atomic E-state index is -2.21. The number of esters is 2. The van der Waals surface area contributed by atoms with Crippen LogP contribution in [-0.2, 0) is 41.6 Å². The molecule has 2 aliphatic rings. The predicted molar refractivity (Wildman–Crippen MR) is 177 cm³/mol. The predicted octanol–water partition coefficient (Wildman–Crippen LogP) is 5.46. The molecule has 0 amide bonds. The van der Waals surface area contributed by atoms with Gasteiger partial charge in [-0.25, -0.2) is 4.79 Å². The van der Waals surface area contributed by atoms with Crippen LogP contribution in [0.2, 0.25) is 0 Å². The Bertz CT molecular complexity index is 1420. The molecule has 0 saturated heterocycles. The molecule has 2 aromatic rings. The molecule has 47 heavy (non-hydrogen) atoms. The number of ether oxygens (including phenoxy) is 6. The molecule has 1 N–H and O–H groups in total. The zero-order valence-electron chi connectivity index (χ0n) is 28.5. The zero-order chi connectivity index (χ0) is 34.0. The molecule has 2 aliphatic heterocycles. The number of carbonyl (C=O) groups is 2. The van der Waals surface area contributed by atoms with Crippen molar-refractivity contribution in [3.63, 3.8) is 0 Å². The number of carbonyl (C=O) groups excluding carboxylic acids is 2. The number of nitrogens with zero attached hydrogens (tertiary/aromatic N) is 1. The number of benzene rings is 2. The van der Waals surface area contributed by atoms with E-state index in [1.54, 1.807) is 18.2 Å². The van der Waals surface area contributed by atoms with Gasteiger partial charge in [0.15, 0.2) is 23.2 Å². The smallest absolute Gasteiger partial charge is 0.339 e. The minimum Gasteiger partial charge on any atom is -0.497 e. The summed E-state index contributed by atoms with van der Waals surface area (Å²) < 4.78 is 34.4. The second kappa shape index (κ2) is 16.3. The fourth-order valence-electron chi connectivity index (χ4n) is 6.02. The molecule has 256 valence electrons. The zero-order valence-corrected chi connectivity index (χ0v) is 28.5. The molecule has 10 nitrogen and oxygen atoms in total. The van der Waals surface area contributed by atoms with Crippen molar-refractivity contribution in [2.75, 3.05) is 40.6 Å². The van der Waals surface area contributed by atoms with Crippen LogP contribution in [0.1, 0.15) is 69.6 Å². The van der Waals surface area contributed by atoms with Crippen molar-refractivity contribution in [2.45, 2.75) is 83.2 Å². The lowest BCUT2D eigenvalue weighted by molar-refractivity contribution is -0.177. The summed E-state index contributed by atoms with van der Waals surface area (Å²) in [6, 6.07) is 13.7. The van der Waals surface area contributed by atoms with Crippen molar-refractivity contribution in [2.24, 2.45) is 0 Å². The quantitative estimate of drug-likeness (QED) is 0.151. The lowest BCUT2D eigenvalue weighted by atomic mass is 9.87. The first-order chi connectivity index (χ1) is 22.5. The summed E-state index contributed by atoms with van der Waals surface area (Å²) >= 11 is 0. The average Bonchev–Trinajstić information content (AvgIpc) is 3.45. The Labute approximate surface area is 278 Å². The van der Waals surface area contributed by atoms with Crippen LogP contribution in [0.5, 0.6) is 11.5 Å². The molecule has 0 saturated carbocycles. The van der Waals surface area contributed by atoms with E-state index in [1.807, 2.05) is 63.2 Å². The van der Waals surface area contributed by atoms with Gasteiger partial charge in [-0.1, -0.05) is 49.4 Å². The third-order valence-electron chi connectivity index (χ3n) is 8.60. The second-order valence-corrected chi connectivity index (χ2v) is 12.6. The summed E-state index contributed by atoms with van der Waals surface area (Å²) in [7, 11) is 2.74. The lowest BCUT2D eigenvalue weighted by Gasteiger charge is -2.34. The number of fused-ring (bicyclic) bond motifs is 2. The second-order valence-electron chi connectivity index (χ2n) is 12.6. The maximum absolute atomic E-state index is 14.1. The molecule has 0 spiro atoms. The van der Waals surface area contributed by atoms with Crippen molar-refractivity contribution in [3.05, 3.63) is 83.1 Å². The Morgan fingerprint density at radius 2 is 1.83 bits per heavy atom. The van der Waals surface area contributed by atoms with Crippen LogP contribution in [0.4, 0.5) is 0 Å². The first kappa shape index (κ1) is 36.0. The van der Waals surface area contributed by atoms with E-state index >= 15 is 0 Å². The van der Waals surface area contributed by atoms with Crippen LogP contribution < -0.4 is 9.47 Å². The largest absolute Gasteiger partial charge is 0.497 e. The Morgan fingerprint density at radius 1 is 1.11 bits per heavy atom. The topological polar surface area (TPSA) is 113 Å². The molecular weight excluding hydrogens is 602 g/mol. The molecule has 0 aromatic heterocycles. The number of allylic oxidation sites excluding steroid dienone is 1. The van der Waals surface area contributed by atoms with E-state index in [-0.39, 0.29) is 19.1 Å². The van der Waals surface area contributed by atoms with Gasteiger partial charge in [-0.15, -0.1) is 0 Å². The first-order valence-electron chi connectivity index (χ1n) is 16.2. The average molecular weight is 652 g/mol. The van der Waals surface area contributed by atoms with Crippen molar-refractivity contribution in [1.29, 1.82) is 0 Å². The van der Waals surface area contributed by atoms with Crippen LogP contribution in [0.15, 0.2) is 66.5 Å². The molecule has 10 heteroatoms. The first-order valence-corrected chi connectivity index (χ1v) is 16.2. The highest BCUT2D eigenvalue weighted by atomic mass is 16.7. The van der Waals surface area contributed by atoms with Crippen molar-refractivity contribution in [3.8, 4) is 11.5 Å². The highest BCUT2D eigenvalue weighted by Gasteiger charge is 2.44. The van der Waals surface area contributed by atoms with Gasteiger partial charge in [0.25, 0.3) is 0 Å². The minimum absolute atomic E-state index is 0.142. The maximum Gasteiger partial charge on any atom is 0.339 e. The van der Waals surface area contributed by atoms with Gasteiger partial charge in [0.1, 0.15) is 5.76 Å². The van der Waals surface area contributed by atoms with E-state index in [4.69, 9.17) is 28.4 Å². The van der Waals surface area contributed by atoms with Gasteiger partial charge >= 0.3 is 11.9 Å². The molecule has 0 unspecified atom stereocenters. The number of methoxy groups -OCH3 is 2. The van der Waals surface area contributed by atoms with Crippen molar-refractivity contribution >= 4 is 11.9 Å². The summed E-state index contributed by atoms with van der Waals surface area (Å²) in [6.45, 7) is 10.5. The van der Waals surface area contributed by atoms with Crippen molar-refractivity contribution < 1.29 is 43.1 Å². The van der Waals surface area contributed by atoms with Gasteiger partial charge in [0, 0.05) is 25.4 Å². The van der Waals surface area contributed by atoms with Crippen LogP contribution >= 0.6 is 0 Å². The van der Waals surface area contributed by atoms with Crippen LogP contribution in [-0.4, -0.2) is 79.9 Å². The number of hydrogen-bond acceptors (Lipinski definition) is 10. The Hall–Kier alpha value is -3.86. The molecule has 2 aromatic carbocycles. The number of rotatable bonds is 15. The SMILES string of the molecule is C/C=C(/OC)[C@@H](OC(=O)[C@@](O)(C/C=C/C(C)(C)OCc1ccccc1)CC(=O)OC)[C@@H]1CN(CCC)CCc2cc3c(cc21)OCO3. The van der Waals surface area contributed by atoms with E-state index in [0.717, 1.165) is 42.6 Å². The molecule has 4 rings (SSSR count). The fraction of sp³-hybridized carbons (Fsp3) is 0.514. The van der Waals surface area contributed by atoms with E-state index in [0.29, 0.717) is 30.4 Å². The van der Waals surface area contributed by atoms with Gasteiger partial charge in [-0.05, 0) is 75.1 Å². The molecule has 0 fully saturated rings. The normalized spacial score (nSPS) is 18.6. The van der Waals surface area contributed by atoms with E-state index in [1.165, 1.54) is 14.2 Å². The molecule has 0 aliphatic carbocycles. The summed E-state index contributed by atoms with van der Waals surface area (Å²) in [4.78, 5) is 28.9. The highest BCUT2D eigenvalue weighted by Crippen LogP contribution is 2.42. The van der Waals surface area contributed by atoms with Crippen molar-refractivity contribution in [1.82, 2.24) is 4.90 Å². The third-order valence-corrected chi connectivity index (χ3v) is 8.60. The Kier molecular flexibility index (Phi) is 12.5. The molecule has 3 atom stereocenters. The molecular formula is C37H49NO9.